The molecule has 0 aromatic carbocycles. The van der Waals surface area contributed by atoms with E-state index in [0.717, 1.165) is 18.9 Å². The predicted molar refractivity (Wildman–Crippen MR) is 90.2 cm³/mol. The van der Waals surface area contributed by atoms with Gasteiger partial charge in [0.25, 0.3) is 0 Å². The summed E-state index contributed by atoms with van der Waals surface area (Å²) < 4.78 is 5.92. The van der Waals surface area contributed by atoms with Crippen molar-refractivity contribution in [3.05, 3.63) is 0 Å². The number of fused-ring (bicyclic) bond motifs is 2. The lowest BCUT2D eigenvalue weighted by Gasteiger charge is -2.32. The molecule has 4 atom stereocenters. The van der Waals surface area contributed by atoms with Gasteiger partial charge in [0, 0.05) is 19.6 Å². The van der Waals surface area contributed by atoms with E-state index in [4.69, 9.17) is 4.74 Å². The number of nitrogens with one attached hydrogen (secondary N) is 2. The molecule has 0 aliphatic carbocycles. The lowest BCUT2D eigenvalue weighted by atomic mass is 9.96. The van der Waals surface area contributed by atoms with E-state index < -0.39 is 0 Å². The summed E-state index contributed by atoms with van der Waals surface area (Å²) in [5, 5.41) is 7.13. The van der Waals surface area contributed by atoms with Gasteiger partial charge in [-0.05, 0) is 51.1 Å². The summed E-state index contributed by atoms with van der Waals surface area (Å²) in [6.45, 7) is 8.11. The molecule has 126 valence electrons. The largest absolute Gasteiger partial charge is 0.373 e. The van der Waals surface area contributed by atoms with Crippen molar-refractivity contribution in [2.75, 3.05) is 26.7 Å². The third-order valence-corrected chi connectivity index (χ3v) is 5.51. The fourth-order valence-electron chi connectivity index (χ4n) is 4.22. The molecular weight excluding hydrogens is 276 g/mol. The average Bonchev–Trinajstić information content (AvgIpc) is 3.23. The Kier molecular flexibility index (Phi) is 5.24. The highest BCUT2D eigenvalue weighted by atomic mass is 16.5. The molecule has 3 saturated heterocycles. The number of nitrogens with zero attached hydrogens (tertiary/aromatic N) is 2. The van der Waals surface area contributed by atoms with Gasteiger partial charge in [0.15, 0.2) is 5.96 Å². The van der Waals surface area contributed by atoms with Crippen molar-refractivity contribution in [2.24, 2.45) is 10.9 Å². The van der Waals surface area contributed by atoms with Crippen LogP contribution in [0.4, 0.5) is 0 Å². The molecule has 5 heteroatoms. The quantitative estimate of drug-likeness (QED) is 0.598. The molecule has 2 bridgehead atoms. The predicted octanol–water partition coefficient (Wildman–Crippen LogP) is 1.59. The summed E-state index contributed by atoms with van der Waals surface area (Å²) in [4.78, 5) is 7.04. The number of hydrogen-bond donors (Lipinski definition) is 2. The van der Waals surface area contributed by atoms with Gasteiger partial charge in [-0.25, -0.2) is 0 Å². The van der Waals surface area contributed by atoms with Gasteiger partial charge >= 0.3 is 0 Å². The molecule has 3 aliphatic heterocycles. The molecule has 0 radical (unpaired) electrons. The lowest BCUT2D eigenvalue weighted by Crippen LogP contribution is -2.52. The van der Waals surface area contributed by atoms with Crippen LogP contribution in [0.1, 0.15) is 46.0 Å². The van der Waals surface area contributed by atoms with Gasteiger partial charge in [0.1, 0.15) is 0 Å². The zero-order valence-electron chi connectivity index (χ0n) is 14.3. The van der Waals surface area contributed by atoms with Crippen LogP contribution in [-0.2, 0) is 4.74 Å². The highest BCUT2D eigenvalue weighted by molar-refractivity contribution is 5.80. The molecule has 2 N–H and O–H groups in total. The zero-order chi connectivity index (χ0) is 15.5. The Morgan fingerprint density at radius 3 is 2.59 bits per heavy atom. The molecule has 5 nitrogen and oxygen atoms in total. The first-order valence-electron chi connectivity index (χ1n) is 9.04. The number of guanidine groups is 1. The molecule has 3 heterocycles. The minimum absolute atomic E-state index is 0.392. The van der Waals surface area contributed by atoms with Gasteiger partial charge in [0.2, 0.25) is 0 Å². The molecule has 0 spiro atoms. The molecule has 0 aromatic rings. The lowest BCUT2D eigenvalue weighted by molar-refractivity contribution is 0.0992. The second-order valence-corrected chi connectivity index (χ2v) is 7.37. The van der Waals surface area contributed by atoms with Crippen molar-refractivity contribution >= 4 is 5.96 Å². The van der Waals surface area contributed by atoms with Gasteiger partial charge in [-0.3, -0.25) is 9.89 Å². The Morgan fingerprint density at radius 1 is 1.27 bits per heavy atom. The van der Waals surface area contributed by atoms with E-state index in [2.05, 4.69) is 34.4 Å². The van der Waals surface area contributed by atoms with Crippen LogP contribution in [0.2, 0.25) is 0 Å². The van der Waals surface area contributed by atoms with E-state index in [1.54, 1.807) is 0 Å². The number of rotatable bonds is 5. The monoisotopic (exact) mass is 308 g/mol. The number of aliphatic imine (C=N–C) groups is 1. The van der Waals surface area contributed by atoms with Crippen LogP contribution in [0.3, 0.4) is 0 Å². The van der Waals surface area contributed by atoms with Crippen LogP contribution < -0.4 is 10.6 Å². The van der Waals surface area contributed by atoms with Crippen molar-refractivity contribution < 1.29 is 4.74 Å². The Labute approximate surface area is 134 Å². The molecule has 0 saturated carbocycles. The van der Waals surface area contributed by atoms with Crippen molar-refractivity contribution in [3.63, 3.8) is 0 Å². The van der Waals surface area contributed by atoms with Crippen molar-refractivity contribution in [3.8, 4) is 0 Å². The molecule has 0 amide bonds. The van der Waals surface area contributed by atoms with Gasteiger partial charge in [0.05, 0.1) is 18.2 Å². The summed E-state index contributed by atoms with van der Waals surface area (Å²) in [7, 11) is 1.86. The van der Waals surface area contributed by atoms with Crippen LogP contribution in [0.25, 0.3) is 0 Å². The van der Waals surface area contributed by atoms with Crippen LogP contribution in [0.5, 0.6) is 0 Å². The normalized spacial score (nSPS) is 33.6. The molecular formula is C17H32N4O. The molecule has 3 fully saturated rings. The zero-order valence-corrected chi connectivity index (χ0v) is 14.3. The molecule has 22 heavy (non-hydrogen) atoms. The summed E-state index contributed by atoms with van der Waals surface area (Å²) in [6.07, 6.45) is 7.13. The smallest absolute Gasteiger partial charge is 0.191 e. The maximum absolute atomic E-state index is 5.92. The van der Waals surface area contributed by atoms with Crippen molar-refractivity contribution in [2.45, 2.75) is 70.2 Å². The van der Waals surface area contributed by atoms with E-state index in [1.165, 1.54) is 38.8 Å². The summed E-state index contributed by atoms with van der Waals surface area (Å²) in [6, 6.07) is 1.03. The first-order valence-corrected chi connectivity index (χ1v) is 9.04. The van der Waals surface area contributed by atoms with Gasteiger partial charge in [-0.15, -0.1) is 0 Å². The molecule has 4 unspecified atom stereocenters. The first-order chi connectivity index (χ1) is 10.7. The van der Waals surface area contributed by atoms with Gasteiger partial charge in [-0.1, -0.05) is 13.8 Å². The minimum Gasteiger partial charge on any atom is -0.373 e. The van der Waals surface area contributed by atoms with Crippen LogP contribution in [0.15, 0.2) is 4.99 Å². The first kappa shape index (κ1) is 16.1. The average molecular weight is 308 g/mol. The second kappa shape index (κ2) is 7.18. The molecule has 3 aliphatic rings. The van der Waals surface area contributed by atoms with Gasteiger partial charge in [-0.2, -0.15) is 0 Å². The number of likely N-dealkylation sites (tertiary alicyclic amines) is 1. The van der Waals surface area contributed by atoms with Crippen LogP contribution >= 0.6 is 0 Å². The van der Waals surface area contributed by atoms with E-state index in [1.807, 2.05) is 7.05 Å². The van der Waals surface area contributed by atoms with Crippen LogP contribution in [-0.4, -0.2) is 61.8 Å². The second-order valence-electron chi connectivity index (χ2n) is 7.37. The van der Waals surface area contributed by atoms with E-state index in [9.17, 15) is 0 Å². The summed E-state index contributed by atoms with van der Waals surface area (Å²) >= 11 is 0. The highest BCUT2D eigenvalue weighted by Gasteiger charge is 2.41. The molecule has 3 rings (SSSR count). The maximum atomic E-state index is 5.92. The van der Waals surface area contributed by atoms with Crippen molar-refractivity contribution in [1.82, 2.24) is 15.5 Å². The van der Waals surface area contributed by atoms with Crippen molar-refractivity contribution in [1.29, 1.82) is 0 Å². The van der Waals surface area contributed by atoms with E-state index in [-0.39, 0.29) is 0 Å². The minimum atomic E-state index is 0.392. The Balaban J connectivity index is 1.49. The Morgan fingerprint density at radius 2 is 2.05 bits per heavy atom. The fourth-order valence-corrected chi connectivity index (χ4v) is 4.22. The number of hydrogen-bond acceptors (Lipinski definition) is 3. The Hall–Kier alpha value is -0.810. The van der Waals surface area contributed by atoms with E-state index in [0.29, 0.717) is 30.2 Å². The topological polar surface area (TPSA) is 48.9 Å². The Bertz CT molecular complexity index is 392. The van der Waals surface area contributed by atoms with Gasteiger partial charge < -0.3 is 15.4 Å². The highest BCUT2D eigenvalue weighted by Crippen LogP contribution is 2.34. The summed E-state index contributed by atoms with van der Waals surface area (Å²) in [5.74, 6) is 1.60. The SMILES string of the molecule is CN=C(NCC(C(C)C)N1CCCC1)NC1CC2CCC1O2. The third kappa shape index (κ3) is 3.57. The summed E-state index contributed by atoms with van der Waals surface area (Å²) in [5.41, 5.74) is 0. The standard InChI is InChI=1S/C17H32N4O/c1-12(2)15(21-8-4-5-9-21)11-19-17(18-3)20-14-10-13-6-7-16(14)22-13/h12-16H,4-11H2,1-3H3,(H2,18,19,20). The number of ether oxygens (including phenoxy) is 1. The maximum Gasteiger partial charge on any atom is 0.191 e. The van der Waals surface area contributed by atoms with E-state index >= 15 is 0 Å². The third-order valence-electron chi connectivity index (χ3n) is 5.51. The van der Waals surface area contributed by atoms with Crippen LogP contribution in [0, 0.1) is 5.92 Å². The fraction of sp³-hybridized carbons (Fsp3) is 0.941. The molecule has 0 aromatic heterocycles.